The lowest BCUT2D eigenvalue weighted by Crippen LogP contribution is -2.46. The molecule has 6 nitrogen and oxygen atoms in total. The van der Waals surface area contributed by atoms with Crippen molar-refractivity contribution in [2.45, 2.75) is 193 Å². The van der Waals surface area contributed by atoms with Crippen LogP contribution in [0.4, 0.5) is 0 Å². The lowest BCUT2D eigenvalue weighted by atomic mass is 10.0. The van der Waals surface area contributed by atoms with Gasteiger partial charge in [-0.25, -0.2) is 0 Å². The normalized spacial score (nSPS) is 13.8. The summed E-state index contributed by atoms with van der Waals surface area (Å²) in [5.41, 5.74) is 0. The topological polar surface area (TPSA) is 104 Å². The largest absolute Gasteiger partial charge is 0.387 e. The first kappa shape index (κ1) is 43.6. The standard InChI is InChI=1S/C38H71NO5S/c1-3-5-7-9-11-13-15-17-18-19-20-22-24-26-28-30-32-34-38(41)39-36(35-45(42,43)44)37(40)33-31-29-27-25-23-21-16-14-12-10-8-6-4-2/h11,13,17-18,31,33,36-37,40H,3-10,12,14-16,19-30,32,34-35H2,1-2H3,(H,39,41)(H,42,43,44)/b13-11-,18-17-,33-31+. The Kier molecular flexibility index (Phi) is 31.5. The molecule has 0 aromatic carbocycles. The zero-order chi connectivity index (χ0) is 33.3. The van der Waals surface area contributed by atoms with Crippen molar-refractivity contribution < 1.29 is 22.9 Å². The molecule has 45 heavy (non-hydrogen) atoms. The highest BCUT2D eigenvalue weighted by Crippen LogP contribution is 2.13. The number of aliphatic hydroxyl groups is 1. The van der Waals surface area contributed by atoms with Gasteiger partial charge in [-0.3, -0.25) is 9.35 Å². The second-order valence-corrected chi connectivity index (χ2v) is 14.4. The summed E-state index contributed by atoms with van der Waals surface area (Å²) in [4.78, 5) is 12.5. The highest BCUT2D eigenvalue weighted by molar-refractivity contribution is 7.85. The molecule has 1 amide bonds. The fourth-order valence-corrected chi connectivity index (χ4v) is 6.21. The second-order valence-electron chi connectivity index (χ2n) is 12.9. The lowest BCUT2D eigenvalue weighted by Gasteiger charge is -2.21. The Morgan fingerprint density at radius 3 is 1.49 bits per heavy atom. The van der Waals surface area contributed by atoms with Crippen molar-refractivity contribution in [3.8, 4) is 0 Å². The smallest absolute Gasteiger partial charge is 0.267 e. The number of aliphatic hydroxyl groups excluding tert-OH is 1. The van der Waals surface area contributed by atoms with Crippen molar-refractivity contribution >= 4 is 16.0 Å². The predicted octanol–water partition coefficient (Wildman–Crippen LogP) is 10.6. The number of amides is 1. The van der Waals surface area contributed by atoms with Crippen LogP contribution in [0.2, 0.25) is 0 Å². The highest BCUT2D eigenvalue weighted by Gasteiger charge is 2.24. The average Bonchev–Trinajstić information content (AvgIpc) is 3.00. The predicted molar refractivity (Wildman–Crippen MR) is 193 cm³/mol. The minimum Gasteiger partial charge on any atom is -0.387 e. The molecule has 2 atom stereocenters. The summed E-state index contributed by atoms with van der Waals surface area (Å²) in [6, 6.07) is -1.06. The Balaban J connectivity index is 3.99. The van der Waals surface area contributed by atoms with Crippen LogP contribution in [0.15, 0.2) is 36.5 Å². The van der Waals surface area contributed by atoms with Crippen molar-refractivity contribution in [1.82, 2.24) is 5.32 Å². The van der Waals surface area contributed by atoms with Gasteiger partial charge in [-0.1, -0.05) is 159 Å². The molecule has 264 valence electrons. The van der Waals surface area contributed by atoms with Crippen LogP contribution in [-0.4, -0.2) is 41.9 Å². The minimum atomic E-state index is -4.34. The van der Waals surface area contributed by atoms with Crippen LogP contribution >= 0.6 is 0 Å². The summed E-state index contributed by atoms with van der Waals surface area (Å²) in [7, 11) is -4.34. The fourth-order valence-electron chi connectivity index (χ4n) is 5.48. The molecule has 0 aromatic heterocycles. The van der Waals surface area contributed by atoms with E-state index >= 15 is 0 Å². The van der Waals surface area contributed by atoms with Gasteiger partial charge >= 0.3 is 0 Å². The number of hydrogen-bond acceptors (Lipinski definition) is 4. The number of rotatable bonds is 33. The number of nitrogens with one attached hydrogen (secondary N) is 1. The third-order valence-electron chi connectivity index (χ3n) is 8.31. The van der Waals surface area contributed by atoms with Gasteiger partial charge in [0.1, 0.15) is 0 Å². The van der Waals surface area contributed by atoms with Gasteiger partial charge in [0, 0.05) is 6.42 Å². The minimum absolute atomic E-state index is 0.287. The maximum absolute atomic E-state index is 12.5. The van der Waals surface area contributed by atoms with Crippen LogP contribution in [-0.2, 0) is 14.9 Å². The first-order chi connectivity index (χ1) is 21.8. The van der Waals surface area contributed by atoms with E-state index in [9.17, 15) is 22.9 Å². The van der Waals surface area contributed by atoms with Gasteiger partial charge in [-0.15, -0.1) is 0 Å². The van der Waals surface area contributed by atoms with Crippen molar-refractivity contribution in [2.75, 3.05) is 5.75 Å². The van der Waals surface area contributed by atoms with E-state index in [1.54, 1.807) is 6.08 Å². The Bertz CT molecular complexity index is 852. The lowest BCUT2D eigenvalue weighted by molar-refractivity contribution is -0.122. The molecule has 0 saturated carbocycles. The summed E-state index contributed by atoms with van der Waals surface area (Å²) >= 11 is 0. The zero-order valence-electron chi connectivity index (χ0n) is 29.2. The molecule has 0 aliphatic rings. The third kappa shape index (κ3) is 33.7. The SMILES string of the molecule is CCCCC/C=C\C/C=C\CCCCCCCCCC(=O)NC(CS(=O)(=O)O)C(O)/C=C/CCCCCCCCCCCCC. The van der Waals surface area contributed by atoms with Gasteiger partial charge in [0.25, 0.3) is 10.1 Å². The summed E-state index contributed by atoms with van der Waals surface area (Å²) in [5.74, 6) is -0.989. The molecule has 0 aliphatic heterocycles. The highest BCUT2D eigenvalue weighted by atomic mass is 32.2. The molecule has 0 rings (SSSR count). The number of hydrogen-bond donors (Lipinski definition) is 3. The van der Waals surface area contributed by atoms with Crippen LogP contribution in [0, 0.1) is 0 Å². The molecule has 0 aromatic rings. The van der Waals surface area contributed by atoms with E-state index in [1.807, 2.05) is 6.08 Å². The van der Waals surface area contributed by atoms with Gasteiger partial charge in [-0.05, 0) is 51.4 Å². The quantitative estimate of drug-likeness (QED) is 0.0371. The Morgan fingerprint density at radius 1 is 0.600 bits per heavy atom. The van der Waals surface area contributed by atoms with Crippen LogP contribution in [0.5, 0.6) is 0 Å². The van der Waals surface area contributed by atoms with Crippen molar-refractivity contribution in [3.63, 3.8) is 0 Å². The van der Waals surface area contributed by atoms with Crippen LogP contribution in [0.1, 0.15) is 181 Å². The zero-order valence-corrected chi connectivity index (χ0v) is 30.1. The van der Waals surface area contributed by atoms with E-state index < -0.39 is 28.0 Å². The third-order valence-corrected chi connectivity index (χ3v) is 9.09. The van der Waals surface area contributed by atoms with E-state index in [0.29, 0.717) is 0 Å². The van der Waals surface area contributed by atoms with E-state index in [1.165, 1.54) is 103 Å². The maximum atomic E-state index is 12.5. The molecule has 7 heteroatoms. The molecule has 0 radical (unpaired) electrons. The molecular weight excluding hydrogens is 582 g/mol. The molecule has 0 fully saturated rings. The molecule has 0 spiro atoms. The van der Waals surface area contributed by atoms with E-state index in [0.717, 1.165) is 57.8 Å². The maximum Gasteiger partial charge on any atom is 0.267 e. The van der Waals surface area contributed by atoms with Crippen molar-refractivity contribution in [1.29, 1.82) is 0 Å². The van der Waals surface area contributed by atoms with Gasteiger partial charge < -0.3 is 10.4 Å². The molecule has 0 heterocycles. The van der Waals surface area contributed by atoms with Crippen molar-refractivity contribution in [3.05, 3.63) is 36.5 Å². The molecule has 0 bridgehead atoms. The average molecular weight is 654 g/mol. The number of carbonyl (C=O) groups is 1. The molecule has 0 aliphatic carbocycles. The van der Waals surface area contributed by atoms with Crippen LogP contribution in [0.3, 0.4) is 0 Å². The molecule has 3 N–H and O–H groups in total. The summed E-state index contributed by atoms with van der Waals surface area (Å²) in [6.07, 6.45) is 41.2. The van der Waals surface area contributed by atoms with E-state index in [2.05, 4.69) is 43.5 Å². The summed E-state index contributed by atoms with van der Waals surface area (Å²) in [6.45, 7) is 4.48. The molecular formula is C38H71NO5S. The first-order valence-electron chi connectivity index (χ1n) is 18.7. The molecule has 2 unspecified atom stereocenters. The molecule has 0 saturated heterocycles. The van der Waals surface area contributed by atoms with Gasteiger partial charge in [0.05, 0.1) is 17.9 Å². The summed E-state index contributed by atoms with van der Waals surface area (Å²) in [5, 5.41) is 13.2. The Morgan fingerprint density at radius 2 is 1.00 bits per heavy atom. The van der Waals surface area contributed by atoms with Crippen LogP contribution in [0.25, 0.3) is 0 Å². The van der Waals surface area contributed by atoms with E-state index in [-0.39, 0.29) is 12.3 Å². The van der Waals surface area contributed by atoms with E-state index in [4.69, 9.17) is 0 Å². The monoisotopic (exact) mass is 654 g/mol. The summed E-state index contributed by atoms with van der Waals surface area (Å²) < 4.78 is 32.4. The van der Waals surface area contributed by atoms with Crippen molar-refractivity contribution in [2.24, 2.45) is 0 Å². The number of unbranched alkanes of at least 4 members (excludes halogenated alkanes) is 21. The van der Waals surface area contributed by atoms with Gasteiger partial charge in [-0.2, -0.15) is 8.42 Å². The van der Waals surface area contributed by atoms with Gasteiger partial charge in [0.15, 0.2) is 0 Å². The number of carbonyl (C=O) groups excluding carboxylic acids is 1. The van der Waals surface area contributed by atoms with Crippen LogP contribution < -0.4 is 5.32 Å². The Hall–Kier alpha value is -1.44. The number of allylic oxidation sites excluding steroid dienone is 5. The fraction of sp³-hybridized carbons (Fsp3) is 0.816. The Labute approximate surface area is 278 Å². The first-order valence-corrected chi connectivity index (χ1v) is 20.3. The second kappa shape index (κ2) is 32.5. The van der Waals surface area contributed by atoms with Gasteiger partial charge in [0.2, 0.25) is 5.91 Å².